The molecule has 0 atom stereocenters. The molecule has 0 saturated carbocycles. The molecule has 0 aliphatic carbocycles. The minimum absolute atomic E-state index is 0.0444. The van der Waals surface area contributed by atoms with Crippen LogP contribution in [0.25, 0.3) is 5.69 Å². The summed E-state index contributed by atoms with van der Waals surface area (Å²) < 4.78 is 43.7. The number of hydrogen-bond acceptors (Lipinski definition) is 6. The van der Waals surface area contributed by atoms with Gasteiger partial charge in [-0.1, -0.05) is 0 Å². The molecular weight excluding hydrogens is 455 g/mol. The van der Waals surface area contributed by atoms with Gasteiger partial charge in [-0.05, 0) is 42.8 Å². The topological polar surface area (TPSA) is 98.5 Å². The Balaban J connectivity index is 1.82. The Morgan fingerprint density at radius 3 is 2.44 bits per heavy atom. The molecule has 1 aliphatic heterocycles. The van der Waals surface area contributed by atoms with Crippen LogP contribution in [0.2, 0.25) is 0 Å². The number of aryl methyl sites for hydroxylation is 1. The Bertz CT molecular complexity index is 1360. The highest BCUT2D eigenvalue weighted by atomic mass is 19.4. The number of nitrogens with zero attached hydrogens (tertiary/aromatic N) is 4. The summed E-state index contributed by atoms with van der Waals surface area (Å²) in [6.07, 6.45) is -2.92. The Morgan fingerprint density at radius 1 is 1.09 bits per heavy atom. The standard InChI is InChI=1S/C22H20F3N5O4/c1-13(31)29-11-9-16-17(12-29)20(32)30(14-5-7-15(8-6-14)34-22(23,24)25)27-19(16)26-18-4-3-10-28(2)21(18)33/h3-8,10H,9,11-12H2,1-2H3,(H,26,27). The fourth-order valence-corrected chi connectivity index (χ4v) is 3.71. The second kappa shape index (κ2) is 8.69. The molecule has 3 heterocycles. The van der Waals surface area contributed by atoms with Crippen LogP contribution in [0.15, 0.2) is 52.2 Å². The third-order valence-corrected chi connectivity index (χ3v) is 5.42. The second-order valence-electron chi connectivity index (χ2n) is 7.72. The SMILES string of the molecule is CC(=O)N1CCc2c(Nc3cccn(C)c3=O)nn(-c3ccc(OC(F)(F)F)cc3)c(=O)c2C1. The average Bonchev–Trinajstić information content (AvgIpc) is 2.78. The van der Waals surface area contributed by atoms with E-state index < -0.39 is 17.7 Å². The normalized spacial score (nSPS) is 13.4. The van der Waals surface area contributed by atoms with Crippen LogP contribution in [0.1, 0.15) is 18.1 Å². The van der Waals surface area contributed by atoms with Gasteiger partial charge in [0.05, 0.1) is 12.2 Å². The lowest BCUT2D eigenvalue weighted by Crippen LogP contribution is -2.40. The fourth-order valence-electron chi connectivity index (χ4n) is 3.71. The Morgan fingerprint density at radius 2 is 1.79 bits per heavy atom. The molecule has 9 nitrogen and oxygen atoms in total. The maximum atomic E-state index is 13.3. The molecule has 34 heavy (non-hydrogen) atoms. The number of carbonyl (C=O) groups is 1. The van der Waals surface area contributed by atoms with Crippen molar-refractivity contribution in [3.05, 3.63) is 74.4 Å². The van der Waals surface area contributed by atoms with Gasteiger partial charge in [-0.25, -0.2) is 0 Å². The quantitative estimate of drug-likeness (QED) is 0.623. The van der Waals surface area contributed by atoms with Crippen LogP contribution in [-0.2, 0) is 24.8 Å². The van der Waals surface area contributed by atoms with Crippen LogP contribution in [0.4, 0.5) is 24.7 Å². The first-order chi connectivity index (χ1) is 16.0. The molecule has 0 saturated heterocycles. The van der Waals surface area contributed by atoms with E-state index in [0.717, 1.165) is 16.8 Å². The first kappa shape index (κ1) is 23.1. The number of nitrogens with one attached hydrogen (secondary N) is 1. The van der Waals surface area contributed by atoms with Crippen LogP contribution in [0.3, 0.4) is 0 Å². The predicted molar refractivity (Wildman–Crippen MR) is 116 cm³/mol. The summed E-state index contributed by atoms with van der Waals surface area (Å²) in [6, 6.07) is 7.90. The van der Waals surface area contributed by atoms with Crippen LogP contribution >= 0.6 is 0 Å². The molecule has 0 fully saturated rings. The van der Waals surface area contributed by atoms with E-state index in [1.54, 1.807) is 25.4 Å². The molecule has 1 amide bonds. The Hall–Kier alpha value is -4.09. The molecule has 1 aromatic carbocycles. The van der Waals surface area contributed by atoms with Crippen molar-refractivity contribution in [1.82, 2.24) is 19.2 Å². The largest absolute Gasteiger partial charge is 0.573 e. The summed E-state index contributed by atoms with van der Waals surface area (Å²) >= 11 is 0. The van der Waals surface area contributed by atoms with E-state index >= 15 is 0 Å². The molecule has 178 valence electrons. The second-order valence-corrected chi connectivity index (χ2v) is 7.72. The van der Waals surface area contributed by atoms with Gasteiger partial charge in [-0.2, -0.15) is 4.68 Å². The first-order valence-electron chi connectivity index (χ1n) is 10.2. The van der Waals surface area contributed by atoms with Crippen molar-refractivity contribution >= 4 is 17.4 Å². The van der Waals surface area contributed by atoms with Crippen LogP contribution in [0, 0.1) is 0 Å². The van der Waals surface area contributed by atoms with Gasteiger partial charge in [0.15, 0.2) is 5.82 Å². The number of halogens is 3. The number of alkyl halides is 3. The molecule has 0 radical (unpaired) electrons. The molecule has 0 unspecified atom stereocenters. The highest BCUT2D eigenvalue weighted by molar-refractivity contribution is 5.74. The maximum absolute atomic E-state index is 13.3. The van der Waals surface area contributed by atoms with E-state index in [-0.39, 0.29) is 35.2 Å². The molecule has 4 rings (SSSR count). The van der Waals surface area contributed by atoms with E-state index in [1.807, 2.05) is 0 Å². The minimum atomic E-state index is -4.85. The number of amides is 1. The average molecular weight is 475 g/mol. The number of carbonyl (C=O) groups excluding carboxylic acids is 1. The lowest BCUT2D eigenvalue weighted by molar-refractivity contribution is -0.274. The van der Waals surface area contributed by atoms with Gasteiger partial charge in [-0.15, -0.1) is 18.3 Å². The van der Waals surface area contributed by atoms with E-state index in [1.165, 1.54) is 28.5 Å². The highest BCUT2D eigenvalue weighted by Crippen LogP contribution is 2.26. The summed E-state index contributed by atoms with van der Waals surface area (Å²) in [5.74, 6) is -0.402. The van der Waals surface area contributed by atoms with Crippen molar-refractivity contribution in [2.45, 2.75) is 26.3 Å². The van der Waals surface area contributed by atoms with Crippen LogP contribution < -0.4 is 21.2 Å². The smallest absolute Gasteiger partial charge is 0.406 e. The van der Waals surface area contributed by atoms with Gasteiger partial charge in [-0.3, -0.25) is 14.4 Å². The molecule has 2 aromatic heterocycles. The number of ether oxygens (including phenoxy) is 1. The van der Waals surface area contributed by atoms with Crippen molar-refractivity contribution in [2.24, 2.45) is 7.05 Å². The molecule has 1 aliphatic rings. The summed E-state index contributed by atoms with van der Waals surface area (Å²) in [5, 5.41) is 7.36. The lowest BCUT2D eigenvalue weighted by Gasteiger charge is -2.29. The van der Waals surface area contributed by atoms with Gasteiger partial charge < -0.3 is 19.5 Å². The Kier molecular flexibility index (Phi) is 5.90. The first-order valence-corrected chi connectivity index (χ1v) is 10.2. The van der Waals surface area contributed by atoms with Crippen molar-refractivity contribution < 1.29 is 22.7 Å². The van der Waals surface area contributed by atoms with Crippen molar-refractivity contribution in [2.75, 3.05) is 11.9 Å². The molecule has 12 heteroatoms. The third-order valence-electron chi connectivity index (χ3n) is 5.42. The van der Waals surface area contributed by atoms with Gasteiger partial charge in [0.25, 0.3) is 11.1 Å². The number of benzene rings is 1. The van der Waals surface area contributed by atoms with E-state index in [4.69, 9.17) is 0 Å². The lowest BCUT2D eigenvalue weighted by atomic mass is 10.0. The van der Waals surface area contributed by atoms with Crippen LogP contribution in [0.5, 0.6) is 5.75 Å². The Labute approximate surface area is 191 Å². The van der Waals surface area contributed by atoms with Gasteiger partial charge in [0.1, 0.15) is 11.4 Å². The van der Waals surface area contributed by atoms with Crippen molar-refractivity contribution in [1.29, 1.82) is 0 Å². The predicted octanol–water partition coefficient (Wildman–Crippen LogP) is 2.48. The van der Waals surface area contributed by atoms with Gasteiger partial charge in [0, 0.05) is 37.8 Å². The molecular formula is C22H20F3N5O4. The number of fused-ring (bicyclic) bond motifs is 1. The number of aromatic nitrogens is 3. The summed E-state index contributed by atoms with van der Waals surface area (Å²) in [6.45, 7) is 1.82. The van der Waals surface area contributed by atoms with E-state index in [0.29, 0.717) is 24.1 Å². The number of anilines is 2. The zero-order valence-electron chi connectivity index (χ0n) is 18.2. The van der Waals surface area contributed by atoms with Gasteiger partial charge in [0.2, 0.25) is 5.91 Å². The monoisotopic (exact) mass is 475 g/mol. The zero-order valence-corrected chi connectivity index (χ0v) is 18.2. The number of hydrogen-bond donors (Lipinski definition) is 1. The fraction of sp³-hybridized carbons (Fsp3) is 0.273. The zero-order chi connectivity index (χ0) is 24.6. The van der Waals surface area contributed by atoms with E-state index in [9.17, 15) is 27.6 Å². The van der Waals surface area contributed by atoms with Crippen LogP contribution in [-0.4, -0.2) is 38.1 Å². The summed E-state index contributed by atoms with van der Waals surface area (Å²) in [4.78, 5) is 39.2. The number of rotatable bonds is 4. The molecule has 0 spiro atoms. The van der Waals surface area contributed by atoms with E-state index in [2.05, 4.69) is 15.2 Å². The summed E-state index contributed by atoms with van der Waals surface area (Å²) in [7, 11) is 1.59. The number of pyridine rings is 1. The highest BCUT2D eigenvalue weighted by Gasteiger charge is 2.31. The third kappa shape index (κ3) is 4.65. The minimum Gasteiger partial charge on any atom is -0.406 e. The molecule has 1 N–H and O–H groups in total. The molecule has 0 bridgehead atoms. The van der Waals surface area contributed by atoms with Crippen molar-refractivity contribution in [3.63, 3.8) is 0 Å². The van der Waals surface area contributed by atoms with Crippen molar-refractivity contribution in [3.8, 4) is 11.4 Å². The molecule has 3 aromatic rings. The summed E-state index contributed by atoms with van der Waals surface area (Å²) in [5.41, 5.74) is 0.464. The van der Waals surface area contributed by atoms with Gasteiger partial charge >= 0.3 is 6.36 Å². The maximum Gasteiger partial charge on any atom is 0.573 e.